The number of hydrogen-bond donors (Lipinski definition) is 2. The van der Waals surface area contributed by atoms with Crippen LogP contribution in [0.25, 0.3) is 0 Å². The normalized spacial score (nSPS) is 21.3. The molecule has 2 N–H and O–H groups in total. The van der Waals surface area contributed by atoms with Gasteiger partial charge in [0.1, 0.15) is 5.82 Å². The Kier molecular flexibility index (Phi) is 3.86. The number of fused-ring (bicyclic) bond motifs is 1. The lowest BCUT2D eigenvalue weighted by Crippen LogP contribution is -2.37. The van der Waals surface area contributed by atoms with Gasteiger partial charge in [0, 0.05) is 29.7 Å². The molecule has 26 heavy (non-hydrogen) atoms. The van der Waals surface area contributed by atoms with Gasteiger partial charge >= 0.3 is 0 Å². The zero-order valence-electron chi connectivity index (χ0n) is 14.7. The van der Waals surface area contributed by atoms with Crippen LogP contribution in [0.1, 0.15) is 43.7 Å². The fourth-order valence-electron chi connectivity index (χ4n) is 3.91. The minimum absolute atomic E-state index is 0.0659. The number of aryl methyl sites for hydroxylation is 1. The van der Waals surface area contributed by atoms with E-state index in [9.17, 15) is 9.59 Å². The monoisotopic (exact) mass is 391 g/mol. The van der Waals surface area contributed by atoms with Gasteiger partial charge in [-0.15, -0.1) is 0 Å². The summed E-state index contributed by atoms with van der Waals surface area (Å²) in [4.78, 5) is 25.9. The molecule has 1 aliphatic heterocycles. The largest absolute Gasteiger partial charge is 0.343 e. The number of hydrogen-bond acceptors (Lipinski definition) is 3. The summed E-state index contributed by atoms with van der Waals surface area (Å²) in [5.41, 5.74) is 2.19. The van der Waals surface area contributed by atoms with Crippen LogP contribution in [0.15, 0.2) is 34.3 Å². The van der Waals surface area contributed by atoms with Crippen molar-refractivity contribution in [2.45, 2.75) is 32.6 Å². The van der Waals surface area contributed by atoms with Gasteiger partial charge in [-0.2, -0.15) is 0 Å². The molecule has 1 aromatic heterocycles. The van der Waals surface area contributed by atoms with Gasteiger partial charge in [0.15, 0.2) is 5.78 Å². The number of Topliss-reactive ketones (excluding diaryl/α,β-unsaturated/α-hetero) is 1. The number of anilines is 1. The van der Waals surface area contributed by atoms with Crippen molar-refractivity contribution in [1.29, 1.82) is 0 Å². The van der Waals surface area contributed by atoms with Crippen LogP contribution in [0, 0.1) is 5.41 Å². The molecule has 0 spiro atoms. The number of H-pyrrole nitrogens is 1. The Balaban J connectivity index is 2.00. The number of carbonyl (C=O) groups is 1. The van der Waals surface area contributed by atoms with Gasteiger partial charge in [-0.1, -0.05) is 43.1 Å². The average Bonchev–Trinajstić information content (AvgIpc) is 2.86. The first kappa shape index (κ1) is 17.4. The molecule has 5 nitrogen and oxygen atoms in total. The van der Waals surface area contributed by atoms with E-state index in [0.717, 1.165) is 24.1 Å². The minimum atomic E-state index is -0.465. The molecule has 0 amide bonds. The summed E-state index contributed by atoms with van der Waals surface area (Å²) in [6, 6.07) is 5.28. The van der Waals surface area contributed by atoms with Gasteiger partial charge in [0.2, 0.25) is 0 Å². The van der Waals surface area contributed by atoms with Crippen molar-refractivity contribution in [2.75, 3.05) is 5.32 Å². The Morgan fingerprint density at radius 2 is 1.92 bits per heavy atom. The van der Waals surface area contributed by atoms with E-state index in [0.29, 0.717) is 27.0 Å². The van der Waals surface area contributed by atoms with Crippen molar-refractivity contribution in [2.24, 2.45) is 12.5 Å². The van der Waals surface area contributed by atoms with E-state index in [1.165, 1.54) is 0 Å². The number of aromatic amines is 1. The van der Waals surface area contributed by atoms with E-state index in [1.807, 2.05) is 19.9 Å². The Labute approximate surface area is 161 Å². The lowest BCUT2D eigenvalue weighted by Gasteiger charge is -2.38. The summed E-state index contributed by atoms with van der Waals surface area (Å²) < 4.78 is 1.66. The number of rotatable bonds is 1. The van der Waals surface area contributed by atoms with Crippen LogP contribution in [-0.4, -0.2) is 15.6 Å². The Morgan fingerprint density at radius 1 is 1.19 bits per heavy atom. The maximum Gasteiger partial charge on any atom is 0.270 e. The molecule has 1 unspecified atom stereocenters. The number of nitrogens with zero attached hydrogens (tertiary/aromatic N) is 1. The standard InChI is InChI=1S/C19H19Cl2N3O2/c1-19(2)7-6-12-14(16(19)25)13(9-4-5-10(20)11(21)8-9)15-17(22-12)24(3)23-18(15)26/h4-5,8,13,22H,6-7H2,1-3H3,(H,23,26). The highest BCUT2D eigenvalue weighted by Crippen LogP contribution is 2.48. The zero-order chi connectivity index (χ0) is 18.8. The first-order valence-electron chi connectivity index (χ1n) is 8.49. The van der Waals surface area contributed by atoms with E-state index >= 15 is 0 Å². The van der Waals surface area contributed by atoms with Crippen molar-refractivity contribution in [3.63, 3.8) is 0 Å². The van der Waals surface area contributed by atoms with Gasteiger partial charge in [-0.3, -0.25) is 19.4 Å². The fourth-order valence-corrected chi connectivity index (χ4v) is 4.22. The van der Waals surface area contributed by atoms with Crippen molar-refractivity contribution in [3.05, 3.63) is 61.0 Å². The third kappa shape index (κ3) is 2.45. The average molecular weight is 392 g/mol. The molecule has 0 saturated carbocycles. The summed E-state index contributed by atoms with van der Waals surface area (Å²) >= 11 is 12.3. The third-order valence-electron chi connectivity index (χ3n) is 5.41. The molecule has 1 atom stereocenters. The molecule has 2 heterocycles. The number of halogens is 2. The second kappa shape index (κ2) is 5.76. The van der Waals surface area contributed by atoms with Crippen LogP contribution in [0.2, 0.25) is 10.0 Å². The highest BCUT2D eigenvalue weighted by molar-refractivity contribution is 6.42. The summed E-state index contributed by atoms with van der Waals surface area (Å²) in [5.74, 6) is 0.293. The molecule has 136 valence electrons. The predicted molar refractivity (Wildman–Crippen MR) is 103 cm³/mol. The zero-order valence-corrected chi connectivity index (χ0v) is 16.3. The summed E-state index contributed by atoms with van der Waals surface area (Å²) in [6.07, 6.45) is 1.52. The van der Waals surface area contributed by atoms with E-state index in [-0.39, 0.29) is 11.3 Å². The van der Waals surface area contributed by atoms with Crippen molar-refractivity contribution in [1.82, 2.24) is 9.78 Å². The quantitative estimate of drug-likeness (QED) is 0.764. The molecule has 2 aliphatic rings. The number of aromatic nitrogens is 2. The summed E-state index contributed by atoms with van der Waals surface area (Å²) in [7, 11) is 1.78. The first-order valence-corrected chi connectivity index (χ1v) is 9.25. The lowest BCUT2D eigenvalue weighted by atomic mass is 9.68. The Morgan fingerprint density at radius 3 is 2.62 bits per heavy atom. The van der Waals surface area contributed by atoms with Crippen molar-refractivity contribution in [3.8, 4) is 0 Å². The fraction of sp³-hybridized carbons (Fsp3) is 0.368. The maximum absolute atomic E-state index is 13.3. The lowest BCUT2D eigenvalue weighted by molar-refractivity contribution is -0.124. The predicted octanol–water partition coefficient (Wildman–Crippen LogP) is 4.22. The van der Waals surface area contributed by atoms with Crippen LogP contribution < -0.4 is 10.9 Å². The van der Waals surface area contributed by atoms with Crippen molar-refractivity contribution >= 4 is 34.8 Å². The van der Waals surface area contributed by atoms with Crippen molar-refractivity contribution < 1.29 is 4.79 Å². The third-order valence-corrected chi connectivity index (χ3v) is 6.15. The smallest absolute Gasteiger partial charge is 0.270 e. The molecule has 1 aromatic carbocycles. The highest BCUT2D eigenvalue weighted by atomic mass is 35.5. The molecular weight excluding hydrogens is 373 g/mol. The van der Waals surface area contributed by atoms with Crippen LogP contribution in [0.4, 0.5) is 5.82 Å². The molecule has 0 saturated heterocycles. The number of nitrogens with one attached hydrogen (secondary N) is 2. The number of allylic oxidation sites excluding steroid dienone is 2. The van der Waals surface area contributed by atoms with E-state index in [1.54, 1.807) is 23.9 Å². The summed E-state index contributed by atoms with van der Waals surface area (Å²) in [6.45, 7) is 3.91. The number of carbonyl (C=O) groups excluding carboxylic acids is 1. The number of benzene rings is 1. The molecule has 0 bridgehead atoms. The van der Waals surface area contributed by atoms with Gasteiger partial charge in [0.05, 0.1) is 15.6 Å². The topological polar surface area (TPSA) is 66.9 Å². The van der Waals surface area contributed by atoms with Crippen LogP contribution in [0.3, 0.4) is 0 Å². The highest BCUT2D eigenvalue weighted by Gasteiger charge is 2.44. The maximum atomic E-state index is 13.3. The minimum Gasteiger partial charge on any atom is -0.343 e. The van der Waals surface area contributed by atoms with E-state index < -0.39 is 11.3 Å². The van der Waals surface area contributed by atoms with Gasteiger partial charge < -0.3 is 5.32 Å². The van der Waals surface area contributed by atoms with Gasteiger partial charge in [-0.05, 0) is 30.5 Å². The Hall–Kier alpha value is -1.98. The molecule has 1 aliphatic carbocycles. The molecular formula is C19H19Cl2N3O2. The van der Waals surface area contributed by atoms with Crippen LogP contribution in [-0.2, 0) is 11.8 Å². The molecule has 4 rings (SSSR count). The van der Waals surface area contributed by atoms with E-state index in [2.05, 4.69) is 10.4 Å². The van der Waals surface area contributed by atoms with Gasteiger partial charge in [-0.25, -0.2) is 0 Å². The summed E-state index contributed by atoms with van der Waals surface area (Å²) in [5, 5.41) is 6.95. The molecule has 7 heteroatoms. The first-order chi connectivity index (χ1) is 12.2. The van der Waals surface area contributed by atoms with E-state index in [4.69, 9.17) is 23.2 Å². The van der Waals surface area contributed by atoms with Crippen LogP contribution in [0.5, 0.6) is 0 Å². The molecule has 0 fully saturated rings. The second-order valence-electron chi connectivity index (χ2n) is 7.60. The molecule has 2 aromatic rings. The van der Waals surface area contributed by atoms with Crippen LogP contribution >= 0.6 is 23.2 Å². The molecule has 0 radical (unpaired) electrons. The Bertz CT molecular complexity index is 1030. The second-order valence-corrected chi connectivity index (χ2v) is 8.41. The number of ketones is 1. The SMILES string of the molecule is Cn1[nH]c(=O)c2c1NC1=C(C(=O)C(C)(C)CC1)C2c1ccc(Cl)c(Cl)c1. The van der Waals surface area contributed by atoms with Gasteiger partial charge in [0.25, 0.3) is 5.56 Å².